The number of carbonyl (C=O) groups is 2. The average molecular weight is 494 g/mol. The van der Waals surface area contributed by atoms with Gasteiger partial charge in [0.25, 0.3) is 0 Å². The first-order valence-electron chi connectivity index (χ1n) is 13.0. The quantitative estimate of drug-likeness (QED) is 0.439. The van der Waals surface area contributed by atoms with Crippen LogP contribution in [0, 0.1) is 29.1 Å². The van der Waals surface area contributed by atoms with Crippen LogP contribution >= 0.6 is 0 Å². The predicted molar refractivity (Wildman–Crippen MR) is 139 cm³/mol. The van der Waals surface area contributed by atoms with Crippen LogP contribution in [0.2, 0.25) is 0 Å². The van der Waals surface area contributed by atoms with Crippen LogP contribution in [0.1, 0.15) is 46.1 Å². The van der Waals surface area contributed by atoms with Gasteiger partial charge in [-0.2, -0.15) is 0 Å². The minimum atomic E-state index is -1.11. The van der Waals surface area contributed by atoms with Crippen LogP contribution in [0.5, 0.6) is 0 Å². The molecule has 1 amide bonds. The summed E-state index contributed by atoms with van der Waals surface area (Å²) in [5.41, 5.74) is -0.227. The Morgan fingerprint density at radius 2 is 1.92 bits per heavy atom. The molecule has 1 saturated heterocycles. The molecule has 1 unspecified atom stereocenters. The molecule has 3 N–H and O–H groups in total. The highest BCUT2D eigenvalue weighted by atomic mass is 16.5. The fourth-order valence-corrected chi connectivity index (χ4v) is 6.80. The lowest BCUT2D eigenvalue weighted by Crippen LogP contribution is -2.55. The summed E-state index contributed by atoms with van der Waals surface area (Å²) in [6.07, 6.45) is 10.6. The number of amides is 1. The van der Waals surface area contributed by atoms with Gasteiger partial charge in [-0.3, -0.25) is 9.59 Å². The SMILES string of the molecule is CC(=O)O[C@@H]1/C=C/[C@](C)(O)CC(C)C/C=C/[C@H]2C=C(CO)[C@@H](C)[C@H]3[C@H](Cc4ccccc4)NC(=O)[C@]321. The normalized spacial score (nSPS) is 40.1. The second-order valence-corrected chi connectivity index (χ2v) is 11.2. The fourth-order valence-electron chi connectivity index (χ4n) is 6.80. The van der Waals surface area contributed by atoms with Gasteiger partial charge in [-0.25, -0.2) is 0 Å². The number of hydrogen-bond donors (Lipinski definition) is 3. The van der Waals surface area contributed by atoms with Gasteiger partial charge in [0.05, 0.1) is 12.2 Å². The van der Waals surface area contributed by atoms with E-state index in [0.29, 0.717) is 12.8 Å². The molecule has 0 radical (unpaired) electrons. The number of ether oxygens (including phenoxy) is 1. The molecule has 0 aromatic heterocycles. The van der Waals surface area contributed by atoms with E-state index in [-0.39, 0.29) is 42.2 Å². The molecule has 1 aliphatic heterocycles. The molecule has 3 aliphatic rings. The Bertz CT molecular complexity index is 1060. The van der Waals surface area contributed by atoms with Gasteiger partial charge >= 0.3 is 5.97 Å². The number of hydrogen-bond acceptors (Lipinski definition) is 5. The second-order valence-electron chi connectivity index (χ2n) is 11.2. The van der Waals surface area contributed by atoms with Gasteiger partial charge in [0, 0.05) is 24.8 Å². The van der Waals surface area contributed by atoms with E-state index in [9.17, 15) is 19.8 Å². The van der Waals surface area contributed by atoms with Crippen molar-refractivity contribution in [2.45, 2.75) is 64.7 Å². The summed E-state index contributed by atoms with van der Waals surface area (Å²) in [6.45, 7) is 7.14. The summed E-state index contributed by atoms with van der Waals surface area (Å²) in [6, 6.07) is 9.81. The Labute approximate surface area is 214 Å². The van der Waals surface area contributed by atoms with Crippen molar-refractivity contribution in [2.24, 2.45) is 29.1 Å². The molecule has 6 nitrogen and oxygen atoms in total. The summed E-state index contributed by atoms with van der Waals surface area (Å²) in [5.74, 6) is -1.18. The van der Waals surface area contributed by atoms with E-state index in [0.717, 1.165) is 17.6 Å². The van der Waals surface area contributed by atoms with Crippen molar-refractivity contribution in [3.8, 4) is 0 Å². The predicted octanol–water partition coefficient (Wildman–Crippen LogP) is 3.74. The average Bonchev–Trinajstić information content (AvgIpc) is 3.10. The number of allylic oxidation sites excluding steroid dienone is 3. The zero-order valence-electron chi connectivity index (χ0n) is 21.7. The maximum Gasteiger partial charge on any atom is 0.303 e. The van der Waals surface area contributed by atoms with Crippen molar-refractivity contribution >= 4 is 11.9 Å². The van der Waals surface area contributed by atoms with Gasteiger partial charge in [0.1, 0.15) is 11.5 Å². The zero-order chi connectivity index (χ0) is 26.1. The first-order valence-corrected chi connectivity index (χ1v) is 13.0. The number of rotatable bonds is 4. The molecule has 36 heavy (non-hydrogen) atoms. The molecule has 2 aliphatic carbocycles. The zero-order valence-corrected chi connectivity index (χ0v) is 21.7. The highest BCUT2D eigenvalue weighted by Gasteiger charge is 2.66. The molecule has 1 aromatic carbocycles. The maximum atomic E-state index is 14.1. The number of nitrogens with one attached hydrogen (secondary N) is 1. The summed E-state index contributed by atoms with van der Waals surface area (Å²) in [4.78, 5) is 26.5. The molecular weight excluding hydrogens is 454 g/mol. The van der Waals surface area contributed by atoms with E-state index in [1.54, 1.807) is 19.1 Å². The lowest BCUT2D eigenvalue weighted by molar-refractivity contribution is -0.159. The van der Waals surface area contributed by atoms with Crippen molar-refractivity contribution < 1.29 is 24.5 Å². The van der Waals surface area contributed by atoms with Crippen LogP contribution in [0.4, 0.5) is 0 Å². The van der Waals surface area contributed by atoms with Gasteiger partial charge in [0.15, 0.2) is 0 Å². The van der Waals surface area contributed by atoms with Crippen molar-refractivity contribution in [2.75, 3.05) is 6.61 Å². The molecule has 194 valence electrons. The third-order valence-electron chi connectivity index (χ3n) is 8.28. The molecule has 1 spiro atoms. The molecule has 1 aromatic rings. The standard InChI is InChI=1S/C30H39NO5/c1-19-9-8-12-24-16-23(18-32)20(2)27-25(15-22-10-6-5-7-11-22)31-28(34)30(24,27)26(36-21(3)33)13-14-29(4,35)17-19/h5-8,10-14,16,19-20,24-27,32,35H,9,15,17-18H2,1-4H3,(H,31,34)/b12-8+,14-13+/t19?,20-,24+,25+,26-,27+,29+,30-/m1/s1. The Morgan fingerprint density at radius 1 is 1.19 bits per heavy atom. The van der Waals surface area contributed by atoms with E-state index in [1.165, 1.54) is 6.92 Å². The summed E-state index contributed by atoms with van der Waals surface area (Å²) in [7, 11) is 0. The van der Waals surface area contributed by atoms with E-state index in [1.807, 2.05) is 49.4 Å². The molecular formula is C30H39NO5. The number of carbonyl (C=O) groups excluding carboxylic acids is 2. The van der Waals surface area contributed by atoms with Crippen LogP contribution in [0.15, 0.2) is 66.3 Å². The van der Waals surface area contributed by atoms with Gasteiger partial charge < -0.3 is 20.3 Å². The number of aliphatic hydroxyl groups is 2. The van der Waals surface area contributed by atoms with Crippen LogP contribution in [-0.2, 0) is 20.7 Å². The third kappa shape index (κ3) is 4.94. The van der Waals surface area contributed by atoms with Crippen molar-refractivity contribution in [1.82, 2.24) is 5.32 Å². The van der Waals surface area contributed by atoms with Crippen LogP contribution < -0.4 is 5.32 Å². The highest BCUT2D eigenvalue weighted by molar-refractivity contribution is 5.89. The van der Waals surface area contributed by atoms with Gasteiger partial charge in [-0.1, -0.05) is 68.5 Å². The fraction of sp³-hybridized carbons (Fsp3) is 0.533. The molecule has 0 saturated carbocycles. The second kappa shape index (κ2) is 10.3. The molecule has 6 heteroatoms. The molecule has 1 heterocycles. The Balaban J connectivity index is 1.92. The van der Waals surface area contributed by atoms with Crippen LogP contribution in [-0.4, -0.2) is 46.4 Å². The van der Waals surface area contributed by atoms with Crippen LogP contribution in [0.25, 0.3) is 0 Å². The van der Waals surface area contributed by atoms with Crippen molar-refractivity contribution in [1.29, 1.82) is 0 Å². The molecule has 0 bridgehead atoms. The highest BCUT2D eigenvalue weighted by Crippen LogP contribution is 2.56. The minimum absolute atomic E-state index is 0.0937. The van der Waals surface area contributed by atoms with E-state index >= 15 is 0 Å². The monoisotopic (exact) mass is 493 g/mol. The Morgan fingerprint density at radius 3 is 2.58 bits per heavy atom. The summed E-state index contributed by atoms with van der Waals surface area (Å²) < 4.78 is 5.92. The van der Waals surface area contributed by atoms with Crippen molar-refractivity contribution in [3.63, 3.8) is 0 Å². The van der Waals surface area contributed by atoms with Crippen molar-refractivity contribution in [3.05, 3.63) is 71.8 Å². The van der Waals surface area contributed by atoms with E-state index < -0.39 is 23.1 Å². The molecule has 8 atom stereocenters. The topological polar surface area (TPSA) is 95.9 Å². The molecule has 4 rings (SSSR count). The largest absolute Gasteiger partial charge is 0.457 e. The van der Waals surface area contributed by atoms with E-state index in [4.69, 9.17) is 4.74 Å². The maximum absolute atomic E-state index is 14.1. The first-order chi connectivity index (χ1) is 17.1. The number of benzene rings is 1. The minimum Gasteiger partial charge on any atom is -0.457 e. The Kier molecular flexibility index (Phi) is 7.58. The summed E-state index contributed by atoms with van der Waals surface area (Å²) in [5, 5.41) is 24.6. The molecule has 1 fully saturated rings. The van der Waals surface area contributed by atoms with E-state index in [2.05, 4.69) is 18.3 Å². The Hall–Kier alpha value is -2.70. The number of esters is 1. The van der Waals surface area contributed by atoms with Crippen LogP contribution in [0.3, 0.4) is 0 Å². The lowest BCUT2D eigenvalue weighted by Gasteiger charge is -2.48. The lowest BCUT2D eigenvalue weighted by atomic mass is 9.54. The van der Waals surface area contributed by atoms with Gasteiger partial charge in [-0.05, 0) is 55.2 Å². The van der Waals surface area contributed by atoms with Gasteiger partial charge in [-0.15, -0.1) is 0 Å². The smallest absolute Gasteiger partial charge is 0.303 e. The van der Waals surface area contributed by atoms with Gasteiger partial charge in [0.2, 0.25) is 5.91 Å². The summed E-state index contributed by atoms with van der Waals surface area (Å²) >= 11 is 0. The first kappa shape index (κ1) is 26.4. The third-order valence-corrected chi connectivity index (χ3v) is 8.28. The number of aliphatic hydroxyl groups excluding tert-OH is 1.